The molecule has 0 bridgehead atoms. The van der Waals surface area contributed by atoms with Crippen molar-refractivity contribution in [1.82, 2.24) is 20.0 Å². The van der Waals surface area contributed by atoms with Crippen LogP contribution in [0.15, 0.2) is 48.0 Å². The van der Waals surface area contributed by atoms with Crippen LogP contribution >= 0.6 is 11.3 Å². The van der Waals surface area contributed by atoms with E-state index in [1.807, 2.05) is 18.4 Å². The maximum absolute atomic E-state index is 13.3. The van der Waals surface area contributed by atoms with Crippen LogP contribution in [0.4, 0.5) is 13.2 Å². The molecule has 0 N–H and O–H groups in total. The average Bonchev–Trinajstić information content (AvgIpc) is 3.30. The second-order valence-electron chi connectivity index (χ2n) is 6.69. The number of fused-ring (bicyclic) bond motifs is 1. The Kier molecular flexibility index (Phi) is 4.98. The summed E-state index contributed by atoms with van der Waals surface area (Å²) in [6.45, 7) is 3.62. The van der Waals surface area contributed by atoms with Crippen LogP contribution in [0, 0.1) is 13.8 Å². The van der Waals surface area contributed by atoms with Crippen molar-refractivity contribution < 1.29 is 18.0 Å². The van der Waals surface area contributed by atoms with E-state index in [4.69, 9.17) is 0 Å². The van der Waals surface area contributed by atoms with Gasteiger partial charge in [-0.15, -0.1) is 16.4 Å². The first-order chi connectivity index (χ1) is 14.3. The van der Waals surface area contributed by atoms with E-state index in [0.717, 1.165) is 16.5 Å². The normalized spacial score (nSPS) is 12.2. The van der Waals surface area contributed by atoms with Gasteiger partial charge in [-0.3, -0.25) is 9.78 Å². The quantitative estimate of drug-likeness (QED) is 0.322. The molecule has 4 aromatic rings. The number of para-hydroxylation sites is 1. The second kappa shape index (κ2) is 7.49. The third kappa shape index (κ3) is 3.63. The number of hydrogen-bond acceptors (Lipinski definition) is 5. The van der Waals surface area contributed by atoms with Crippen LogP contribution in [0.2, 0.25) is 0 Å². The van der Waals surface area contributed by atoms with E-state index in [-0.39, 0.29) is 22.4 Å². The van der Waals surface area contributed by atoms with Crippen molar-refractivity contribution in [3.05, 3.63) is 75.4 Å². The lowest BCUT2D eigenvalue weighted by Crippen LogP contribution is -2.08. The largest absolute Gasteiger partial charge is 0.418 e. The maximum atomic E-state index is 13.3. The van der Waals surface area contributed by atoms with Gasteiger partial charge in [0.25, 0.3) is 0 Å². The lowest BCUT2D eigenvalue weighted by molar-refractivity contribution is -0.136. The molecule has 0 unspecified atom stereocenters. The highest BCUT2D eigenvalue weighted by Crippen LogP contribution is 2.35. The summed E-state index contributed by atoms with van der Waals surface area (Å²) in [4.78, 5) is 17.4. The van der Waals surface area contributed by atoms with Crippen molar-refractivity contribution in [3.63, 3.8) is 0 Å². The van der Waals surface area contributed by atoms with Crippen molar-refractivity contribution in [1.29, 1.82) is 0 Å². The standard InChI is InChI=1S/C21H15F3N4OS/c1-12-10-14(30-11-12)6-7-18(29)19-13(2)28(27-26-19)17-8-9-25-20-15(17)4-3-5-16(20)21(22,23)24/h3-11H,1-2H3/b7-6+. The Morgan fingerprint density at radius 1 is 1.20 bits per heavy atom. The minimum absolute atomic E-state index is 0.136. The van der Waals surface area contributed by atoms with E-state index < -0.39 is 11.7 Å². The predicted molar refractivity (Wildman–Crippen MR) is 109 cm³/mol. The molecular weight excluding hydrogens is 413 g/mol. The van der Waals surface area contributed by atoms with E-state index in [9.17, 15) is 18.0 Å². The first-order valence-electron chi connectivity index (χ1n) is 8.91. The number of ketones is 1. The number of carbonyl (C=O) groups excluding carboxylic acids is 1. The molecule has 0 fully saturated rings. The van der Waals surface area contributed by atoms with Crippen LogP contribution in [0.1, 0.15) is 32.2 Å². The fraction of sp³-hybridized carbons (Fsp3) is 0.143. The minimum atomic E-state index is -4.53. The highest BCUT2D eigenvalue weighted by Gasteiger charge is 2.33. The summed E-state index contributed by atoms with van der Waals surface area (Å²) in [6, 6.07) is 7.34. The number of halogens is 3. The van der Waals surface area contributed by atoms with E-state index >= 15 is 0 Å². The van der Waals surface area contributed by atoms with Crippen molar-refractivity contribution >= 4 is 34.1 Å². The van der Waals surface area contributed by atoms with Crippen molar-refractivity contribution in [3.8, 4) is 5.69 Å². The van der Waals surface area contributed by atoms with Gasteiger partial charge in [0.1, 0.15) is 0 Å². The molecule has 4 rings (SSSR count). The number of hydrogen-bond donors (Lipinski definition) is 0. The lowest BCUT2D eigenvalue weighted by Gasteiger charge is -2.12. The number of allylic oxidation sites excluding steroid dienone is 1. The Morgan fingerprint density at radius 3 is 2.70 bits per heavy atom. The molecule has 30 heavy (non-hydrogen) atoms. The number of alkyl halides is 3. The molecular formula is C21H15F3N4OS. The summed E-state index contributed by atoms with van der Waals surface area (Å²) >= 11 is 1.52. The zero-order valence-corrected chi connectivity index (χ0v) is 16.8. The van der Waals surface area contributed by atoms with Crippen LogP contribution in [0.5, 0.6) is 0 Å². The van der Waals surface area contributed by atoms with Crippen LogP contribution in [-0.2, 0) is 6.18 Å². The van der Waals surface area contributed by atoms with Gasteiger partial charge in [0, 0.05) is 16.5 Å². The molecule has 0 aliphatic heterocycles. The van der Waals surface area contributed by atoms with Gasteiger partial charge in [-0.2, -0.15) is 13.2 Å². The van der Waals surface area contributed by atoms with Gasteiger partial charge in [0.2, 0.25) is 5.78 Å². The number of rotatable bonds is 4. The third-order valence-electron chi connectivity index (χ3n) is 4.56. The summed E-state index contributed by atoms with van der Waals surface area (Å²) < 4.78 is 41.4. The molecule has 0 atom stereocenters. The fourth-order valence-electron chi connectivity index (χ4n) is 3.14. The third-order valence-corrected chi connectivity index (χ3v) is 5.58. The second-order valence-corrected chi connectivity index (χ2v) is 7.63. The van der Waals surface area contributed by atoms with E-state index in [0.29, 0.717) is 11.4 Å². The zero-order valence-electron chi connectivity index (χ0n) is 15.9. The van der Waals surface area contributed by atoms with Crippen LogP contribution in [0.25, 0.3) is 22.7 Å². The number of benzene rings is 1. The van der Waals surface area contributed by atoms with E-state index in [2.05, 4.69) is 15.3 Å². The van der Waals surface area contributed by atoms with Crippen molar-refractivity contribution in [2.75, 3.05) is 0 Å². The molecule has 0 spiro atoms. The highest BCUT2D eigenvalue weighted by atomic mass is 32.1. The van der Waals surface area contributed by atoms with Gasteiger partial charge in [0.15, 0.2) is 5.69 Å². The summed E-state index contributed by atoms with van der Waals surface area (Å²) in [5, 5.41) is 10.2. The number of nitrogens with zero attached hydrogens (tertiary/aromatic N) is 4. The van der Waals surface area contributed by atoms with Gasteiger partial charge < -0.3 is 0 Å². The molecule has 3 aromatic heterocycles. The molecule has 152 valence electrons. The SMILES string of the molecule is Cc1csc(/C=C/C(=O)c2nnn(-c3ccnc4c(C(F)(F)F)cccc34)c2C)c1. The van der Waals surface area contributed by atoms with Crippen LogP contribution < -0.4 is 0 Å². The van der Waals surface area contributed by atoms with Crippen LogP contribution in [0.3, 0.4) is 0 Å². The fourth-order valence-corrected chi connectivity index (χ4v) is 3.93. The van der Waals surface area contributed by atoms with E-state index in [1.54, 1.807) is 19.1 Å². The number of aromatic nitrogens is 4. The average molecular weight is 428 g/mol. The number of pyridine rings is 1. The molecule has 0 aliphatic rings. The van der Waals surface area contributed by atoms with Gasteiger partial charge in [-0.1, -0.05) is 17.3 Å². The Balaban J connectivity index is 1.75. The van der Waals surface area contributed by atoms with Gasteiger partial charge in [-0.25, -0.2) is 4.68 Å². The predicted octanol–water partition coefficient (Wildman–Crippen LogP) is 5.41. The summed E-state index contributed by atoms with van der Waals surface area (Å²) in [6.07, 6.45) is -0.127. The Labute approximate surface area is 173 Å². The van der Waals surface area contributed by atoms with Crippen LogP contribution in [-0.4, -0.2) is 25.8 Å². The Hall–Kier alpha value is -3.33. The molecule has 0 saturated carbocycles. The van der Waals surface area contributed by atoms with Crippen molar-refractivity contribution in [2.24, 2.45) is 0 Å². The smallest absolute Gasteiger partial charge is 0.287 e. The lowest BCUT2D eigenvalue weighted by atomic mass is 10.1. The molecule has 0 saturated heterocycles. The monoisotopic (exact) mass is 428 g/mol. The number of thiophene rings is 1. The molecule has 0 radical (unpaired) electrons. The molecule has 0 aliphatic carbocycles. The maximum Gasteiger partial charge on any atom is 0.418 e. The number of carbonyl (C=O) groups is 1. The molecule has 5 nitrogen and oxygen atoms in total. The van der Waals surface area contributed by atoms with Gasteiger partial charge >= 0.3 is 6.18 Å². The first-order valence-corrected chi connectivity index (χ1v) is 9.79. The number of aryl methyl sites for hydroxylation is 1. The molecule has 1 aromatic carbocycles. The van der Waals surface area contributed by atoms with Crippen molar-refractivity contribution in [2.45, 2.75) is 20.0 Å². The Morgan fingerprint density at radius 2 is 2.00 bits per heavy atom. The summed E-state index contributed by atoms with van der Waals surface area (Å²) in [5.41, 5.74) is 1.03. The summed E-state index contributed by atoms with van der Waals surface area (Å²) in [7, 11) is 0. The first kappa shape index (κ1) is 20.0. The van der Waals surface area contributed by atoms with E-state index in [1.165, 1.54) is 40.4 Å². The van der Waals surface area contributed by atoms with Gasteiger partial charge in [-0.05, 0) is 55.1 Å². The molecule has 0 amide bonds. The zero-order chi connectivity index (χ0) is 21.5. The minimum Gasteiger partial charge on any atom is -0.287 e. The summed E-state index contributed by atoms with van der Waals surface area (Å²) in [5.74, 6) is -0.334. The molecule has 9 heteroatoms. The highest BCUT2D eigenvalue weighted by molar-refractivity contribution is 7.11. The Bertz CT molecular complexity index is 1290. The molecule has 3 heterocycles. The topological polar surface area (TPSA) is 60.7 Å². The van der Waals surface area contributed by atoms with Gasteiger partial charge in [0.05, 0.1) is 22.5 Å².